The van der Waals surface area contributed by atoms with Gasteiger partial charge in [-0.15, -0.1) is 10.2 Å². The molecule has 0 aliphatic rings. The van der Waals surface area contributed by atoms with Gasteiger partial charge in [0, 0.05) is 17.0 Å². The molecular weight excluding hydrogens is 428 g/mol. The third kappa shape index (κ3) is 5.55. The van der Waals surface area contributed by atoms with E-state index in [2.05, 4.69) is 10.2 Å². The van der Waals surface area contributed by atoms with E-state index in [-0.39, 0.29) is 16.7 Å². The highest BCUT2D eigenvalue weighted by Crippen LogP contribution is 2.32. The van der Waals surface area contributed by atoms with Gasteiger partial charge in [0.25, 0.3) is 5.22 Å². The highest BCUT2D eigenvalue weighted by molar-refractivity contribution is 8.03. The van der Waals surface area contributed by atoms with E-state index in [0.717, 1.165) is 17.3 Å². The van der Waals surface area contributed by atoms with Gasteiger partial charge in [-0.25, -0.2) is 4.79 Å². The number of rotatable bonds is 9. The Balaban J connectivity index is 1.79. The van der Waals surface area contributed by atoms with Crippen molar-refractivity contribution < 1.29 is 23.8 Å². The molecule has 0 saturated heterocycles. The third-order valence-electron chi connectivity index (χ3n) is 3.99. The van der Waals surface area contributed by atoms with E-state index in [1.54, 1.807) is 24.3 Å². The van der Waals surface area contributed by atoms with Crippen molar-refractivity contribution in [2.45, 2.75) is 25.2 Å². The van der Waals surface area contributed by atoms with E-state index in [0.29, 0.717) is 34.4 Å². The minimum absolute atomic E-state index is 0.0353. The molecule has 9 heteroatoms. The van der Waals surface area contributed by atoms with Gasteiger partial charge < -0.3 is 19.0 Å². The zero-order valence-corrected chi connectivity index (χ0v) is 17.9. The first-order valence-electron chi connectivity index (χ1n) is 8.99. The maximum Gasteiger partial charge on any atom is 0.342 e. The van der Waals surface area contributed by atoms with Crippen LogP contribution in [0.25, 0.3) is 6.08 Å². The van der Waals surface area contributed by atoms with Crippen LogP contribution in [0.15, 0.2) is 57.0 Å². The van der Waals surface area contributed by atoms with E-state index in [1.807, 2.05) is 25.1 Å². The van der Waals surface area contributed by atoms with Crippen molar-refractivity contribution in [1.82, 2.24) is 10.2 Å². The highest BCUT2D eigenvalue weighted by atomic mass is 35.5. The van der Waals surface area contributed by atoms with Crippen molar-refractivity contribution >= 4 is 35.4 Å². The molecule has 0 atom stereocenters. The number of aromatic nitrogens is 2. The average Bonchev–Trinajstić information content (AvgIpc) is 3.20. The Morgan fingerprint density at radius 1 is 1.23 bits per heavy atom. The van der Waals surface area contributed by atoms with E-state index in [1.165, 1.54) is 13.2 Å². The van der Waals surface area contributed by atoms with Gasteiger partial charge in [0.15, 0.2) is 11.5 Å². The summed E-state index contributed by atoms with van der Waals surface area (Å²) in [4.78, 5) is 11.7. The molecule has 0 amide bonds. The number of halogens is 1. The fraction of sp³-hybridized carbons (Fsp3) is 0.190. The van der Waals surface area contributed by atoms with Gasteiger partial charge in [0.05, 0.1) is 7.11 Å². The van der Waals surface area contributed by atoms with E-state index in [9.17, 15) is 9.90 Å². The summed E-state index contributed by atoms with van der Waals surface area (Å²) in [5, 5.41) is 18.0. The first-order valence-corrected chi connectivity index (χ1v) is 10.2. The minimum Gasteiger partial charge on any atom is -0.493 e. The predicted molar refractivity (Wildman–Crippen MR) is 114 cm³/mol. The van der Waals surface area contributed by atoms with Crippen molar-refractivity contribution in [3.63, 3.8) is 0 Å². The summed E-state index contributed by atoms with van der Waals surface area (Å²) in [6, 6.07) is 12.5. The number of nitrogens with zero attached hydrogens (tertiary/aromatic N) is 2. The van der Waals surface area contributed by atoms with E-state index < -0.39 is 5.97 Å². The van der Waals surface area contributed by atoms with Gasteiger partial charge in [-0.2, -0.15) is 0 Å². The second-order valence-corrected chi connectivity index (χ2v) is 7.42. The zero-order chi connectivity index (χ0) is 21.5. The summed E-state index contributed by atoms with van der Waals surface area (Å²) >= 11 is 7.05. The quantitative estimate of drug-likeness (QED) is 0.358. The normalized spacial score (nSPS) is 11.4. The second-order valence-electron chi connectivity index (χ2n) is 6.02. The predicted octanol–water partition coefficient (Wildman–Crippen LogP) is 5.09. The van der Waals surface area contributed by atoms with Crippen LogP contribution in [-0.4, -0.2) is 28.4 Å². The Hall–Kier alpha value is -2.97. The standard InChI is InChI=1S/C21H19ClN2O5S/c1-3-19-23-24-21(29-19)30-18(20(25)26)11-13-8-9-16(17(10-13)27-2)28-12-14-6-4-5-7-15(14)22/h4-11H,3,12H2,1-2H3,(H,25,26)/b18-11-. The fourth-order valence-corrected chi connectivity index (χ4v) is 3.35. The summed E-state index contributed by atoms with van der Waals surface area (Å²) < 4.78 is 16.6. The average molecular weight is 447 g/mol. The Kier molecular flexibility index (Phi) is 7.37. The van der Waals surface area contributed by atoms with Gasteiger partial charge in [0.1, 0.15) is 11.5 Å². The molecule has 3 aromatic rings. The van der Waals surface area contributed by atoms with Crippen LogP contribution in [0, 0.1) is 0 Å². The van der Waals surface area contributed by atoms with E-state index in [4.69, 9.17) is 25.5 Å². The topological polar surface area (TPSA) is 94.7 Å². The molecule has 0 saturated carbocycles. The Morgan fingerprint density at radius 3 is 2.70 bits per heavy atom. The molecule has 156 valence electrons. The largest absolute Gasteiger partial charge is 0.493 e. The molecule has 1 heterocycles. The second kappa shape index (κ2) is 10.2. The molecule has 0 aliphatic carbocycles. The fourth-order valence-electron chi connectivity index (χ4n) is 2.47. The smallest absolute Gasteiger partial charge is 0.342 e. The van der Waals surface area contributed by atoms with Crippen LogP contribution in [0.1, 0.15) is 23.9 Å². The Labute approximate surface area is 182 Å². The van der Waals surface area contributed by atoms with Crippen molar-refractivity contribution in [3.8, 4) is 11.5 Å². The minimum atomic E-state index is -1.10. The van der Waals surface area contributed by atoms with Crippen LogP contribution in [0.4, 0.5) is 0 Å². The third-order valence-corrected chi connectivity index (χ3v) is 5.21. The van der Waals surface area contributed by atoms with Crippen LogP contribution in [0.5, 0.6) is 11.5 Å². The molecule has 2 aromatic carbocycles. The lowest BCUT2D eigenvalue weighted by Gasteiger charge is -2.12. The van der Waals surface area contributed by atoms with Crippen LogP contribution >= 0.6 is 23.4 Å². The SMILES string of the molecule is CCc1nnc(S/C(=C\c2ccc(OCc3ccccc3Cl)c(OC)c2)C(=O)O)o1. The molecule has 1 aromatic heterocycles. The van der Waals surface area contributed by atoms with Crippen molar-refractivity contribution in [2.24, 2.45) is 0 Å². The number of carboxylic acid groups (broad SMARTS) is 1. The molecule has 0 fully saturated rings. The molecule has 30 heavy (non-hydrogen) atoms. The van der Waals surface area contributed by atoms with Gasteiger partial charge in [-0.3, -0.25) is 0 Å². The number of hydrogen-bond donors (Lipinski definition) is 1. The van der Waals surface area contributed by atoms with E-state index >= 15 is 0 Å². The summed E-state index contributed by atoms with van der Waals surface area (Å²) in [5.41, 5.74) is 1.47. The summed E-state index contributed by atoms with van der Waals surface area (Å²) in [6.07, 6.45) is 2.08. The number of aliphatic carboxylic acids is 1. The number of ether oxygens (including phenoxy) is 2. The molecule has 0 radical (unpaired) electrons. The Morgan fingerprint density at radius 2 is 2.03 bits per heavy atom. The molecule has 0 bridgehead atoms. The lowest BCUT2D eigenvalue weighted by atomic mass is 10.2. The molecule has 1 N–H and O–H groups in total. The van der Waals surface area contributed by atoms with Crippen molar-refractivity contribution in [1.29, 1.82) is 0 Å². The van der Waals surface area contributed by atoms with Gasteiger partial charge in [-0.05, 0) is 41.6 Å². The van der Waals surface area contributed by atoms with Crippen LogP contribution in [0.2, 0.25) is 5.02 Å². The first-order chi connectivity index (χ1) is 14.5. The van der Waals surface area contributed by atoms with Crippen molar-refractivity contribution in [3.05, 3.63) is 69.4 Å². The number of aryl methyl sites for hydroxylation is 1. The van der Waals surface area contributed by atoms with Crippen LogP contribution < -0.4 is 9.47 Å². The number of carbonyl (C=O) groups is 1. The summed E-state index contributed by atoms with van der Waals surface area (Å²) in [5.74, 6) is 0.332. The maximum atomic E-state index is 11.6. The van der Waals surface area contributed by atoms with Gasteiger partial charge in [-0.1, -0.05) is 42.8 Å². The van der Waals surface area contributed by atoms with Gasteiger partial charge >= 0.3 is 5.97 Å². The highest BCUT2D eigenvalue weighted by Gasteiger charge is 2.15. The summed E-state index contributed by atoms with van der Waals surface area (Å²) in [6.45, 7) is 2.15. The lowest BCUT2D eigenvalue weighted by molar-refractivity contribution is -0.131. The lowest BCUT2D eigenvalue weighted by Crippen LogP contribution is -1.99. The van der Waals surface area contributed by atoms with Crippen LogP contribution in [0.3, 0.4) is 0 Å². The van der Waals surface area contributed by atoms with Crippen LogP contribution in [-0.2, 0) is 17.8 Å². The Bertz CT molecular complexity index is 1070. The first kappa shape index (κ1) is 21.7. The number of hydrogen-bond acceptors (Lipinski definition) is 7. The molecule has 0 unspecified atom stereocenters. The van der Waals surface area contributed by atoms with Crippen molar-refractivity contribution in [2.75, 3.05) is 7.11 Å². The molecule has 7 nitrogen and oxygen atoms in total. The number of methoxy groups -OCH3 is 1. The number of carboxylic acids is 1. The maximum absolute atomic E-state index is 11.6. The van der Waals surface area contributed by atoms with Gasteiger partial charge in [0.2, 0.25) is 5.89 Å². The summed E-state index contributed by atoms with van der Waals surface area (Å²) in [7, 11) is 1.52. The monoisotopic (exact) mass is 446 g/mol. The molecule has 0 aliphatic heterocycles. The number of thioether (sulfide) groups is 1. The molecular formula is C21H19ClN2O5S. The number of benzene rings is 2. The molecule has 0 spiro atoms. The molecule has 3 rings (SSSR count). The zero-order valence-electron chi connectivity index (χ0n) is 16.3.